The van der Waals surface area contributed by atoms with Crippen LogP contribution in [-0.4, -0.2) is 25.3 Å². The average molecular weight is 649 g/mol. The number of unbranched alkanes of at least 4 members (excludes halogenated alkanes) is 9. The molecule has 1 amide bonds. The highest BCUT2D eigenvalue weighted by molar-refractivity contribution is 5.85. The van der Waals surface area contributed by atoms with E-state index in [0.717, 1.165) is 67.9 Å². The van der Waals surface area contributed by atoms with Gasteiger partial charge in [-0.1, -0.05) is 117 Å². The number of nitrogens with one attached hydrogen (secondary N) is 1. The standard InChI is InChI=1S/C40H72N2O2.ClH/c1-30(2)17-16-18-31(3)35-21-22-36-34-20-19-32-29-33(23-25-39(32,4)37(34)24-26-40(35,36)5)44-38(43)42-28-15-13-11-9-7-6-8-10-12-14-27-41;/h19,30-31,33-37H,6-18,20-29,41H2,1-5H3,(H,42,43);1H/t31-,33+,34+,35-,36+,37+,39+,40-;/m1./s1. The average Bonchev–Trinajstić information content (AvgIpc) is 3.35. The SMILES string of the molecule is CC(C)CCC[C@@H](C)[C@H]1CC[C@H]2[C@@H]3CC=C4C[C@@H](OC(=O)NCCCCCCCCCCCCN)CC[C@]4(C)[C@H]3CC[C@]12C.Cl. The number of ether oxygens (including phenoxy) is 1. The number of alkyl carbamates (subject to hydrolysis) is 1. The summed E-state index contributed by atoms with van der Waals surface area (Å²) in [7, 11) is 0. The second-order valence-corrected chi connectivity index (χ2v) is 16.8. The second-order valence-electron chi connectivity index (χ2n) is 16.8. The molecule has 0 heterocycles. The summed E-state index contributed by atoms with van der Waals surface area (Å²) in [6, 6.07) is 0. The van der Waals surface area contributed by atoms with Crippen LogP contribution in [-0.2, 0) is 4.74 Å². The van der Waals surface area contributed by atoms with E-state index in [-0.39, 0.29) is 24.6 Å². The van der Waals surface area contributed by atoms with Gasteiger partial charge in [-0.2, -0.15) is 0 Å². The minimum absolute atomic E-state index is 0. The van der Waals surface area contributed by atoms with Crippen LogP contribution in [0.4, 0.5) is 4.79 Å². The van der Waals surface area contributed by atoms with E-state index in [0.29, 0.717) is 10.8 Å². The molecule has 3 fully saturated rings. The Hall–Kier alpha value is -0.740. The fourth-order valence-electron chi connectivity index (χ4n) is 10.8. The van der Waals surface area contributed by atoms with E-state index in [1.54, 1.807) is 5.57 Å². The topological polar surface area (TPSA) is 64.3 Å². The van der Waals surface area contributed by atoms with Crippen LogP contribution in [0, 0.1) is 46.3 Å². The van der Waals surface area contributed by atoms with E-state index in [4.69, 9.17) is 10.5 Å². The molecule has 0 aliphatic heterocycles. The second kappa shape index (κ2) is 18.7. The Kier molecular flexibility index (Phi) is 16.1. The minimum Gasteiger partial charge on any atom is -0.446 e. The quantitative estimate of drug-likeness (QED) is 0.115. The third kappa shape index (κ3) is 10.1. The van der Waals surface area contributed by atoms with E-state index in [1.807, 2.05) is 0 Å². The van der Waals surface area contributed by atoms with Crippen LogP contribution in [0.3, 0.4) is 0 Å². The lowest BCUT2D eigenvalue weighted by atomic mass is 9.47. The van der Waals surface area contributed by atoms with Crippen LogP contribution in [0.2, 0.25) is 0 Å². The van der Waals surface area contributed by atoms with Gasteiger partial charge in [-0.25, -0.2) is 4.79 Å². The van der Waals surface area contributed by atoms with Crippen LogP contribution >= 0.6 is 12.4 Å². The van der Waals surface area contributed by atoms with Crippen molar-refractivity contribution in [3.63, 3.8) is 0 Å². The first-order chi connectivity index (χ1) is 21.2. The fourth-order valence-corrected chi connectivity index (χ4v) is 10.8. The largest absolute Gasteiger partial charge is 0.446 e. The van der Waals surface area contributed by atoms with Crippen LogP contribution < -0.4 is 11.1 Å². The molecule has 262 valence electrons. The van der Waals surface area contributed by atoms with Gasteiger partial charge in [0.25, 0.3) is 0 Å². The summed E-state index contributed by atoms with van der Waals surface area (Å²) in [6.07, 6.45) is 29.5. The summed E-state index contributed by atoms with van der Waals surface area (Å²) in [5.41, 5.74) is 8.04. The molecule has 8 atom stereocenters. The van der Waals surface area contributed by atoms with Crippen molar-refractivity contribution in [1.29, 1.82) is 0 Å². The molecule has 0 radical (unpaired) electrons. The van der Waals surface area contributed by atoms with Crippen molar-refractivity contribution in [2.75, 3.05) is 13.1 Å². The molecule has 4 rings (SSSR count). The first-order valence-electron chi connectivity index (χ1n) is 19.5. The van der Waals surface area contributed by atoms with Crippen LogP contribution in [0.25, 0.3) is 0 Å². The summed E-state index contributed by atoms with van der Waals surface area (Å²) in [5.74, 6) is 5.21. The van der Waals surface area contributed by atoms with Crippen molar-refractivity contribution < 1.29 is 9.53 Å². The van der Waals surface area contributed by atoms with E-state index in [1.165, 1.54) is 116 Å². The highest BCUT2D eigenvalue weighted by atomic mass is 35.5. The lowest BCUT2D eigenvalue weighted by Gasteiger charge is -2.58. The summed E-state index contributed by atoms with van der Waals surface area (Å²) in [5, 5.41) is 3.06. The maximum Gasteiger partial charge on any atom is 0.407 e. The van der Waals surface area contributed by atoms with Crippen LogP contribution in [0.5, 0.6) is 0 Å². The molecular formula is C40H73ClN2O2. The van der Waals surface area contributed by atoms with Gasteiger partial charge in [-0.3, -0.25) is 0 Å². The van der Waals surface area contributed by atoms with Crippen LogP contribution in [0.15, 0.2) is 11.6 Å². The van der Waals surface area contributed by atoms with Gasteiger partial charge in [0.15, 0.2) is 0 Å². The van der Waals surface area contributed by atoms with Crippen molar-refractivity contribution in [1.82, 2.24) is 5.32 Å². The molecule has 3 N–H and O–H groups in total. The molecule has 0 saturated heterocycles. The van der Waals surface area contributed by atoms with Gasteiger partial charge < -0.3 is 15.8 Å². The number of nitrogens with two attached hydrogens (primary N) is 1. The predicted octanol–water partition coefficient (Wildman–Crippen LogP) is 11.4. The molecule has 5 heteroatoms. The Morgan fingerprint density at radius 2 is 1.53 bits per heavy atom. The number of rotatable bonds is 18. The number of amides is 1. The molecule has 0 aromatic heterocycles. The first-order valence-corrected chi connectivity index (χ1v) is 19.5. The molecule has 0 unspecified atom stereocenters. The number of carbonyl (C=O) groups is 1. The Labute approximate surface area is 285 Å². The number of hydrogen-bond donors (Lipinski definition) is 2. The third-order valence-corrected chi connectivity index (χ3v) is 13.4. The molecule has 45 heavy (non-hydrogen) atoms. The molecule has 4 aliphatic rings. The summed E-state index contributed by atoms with van der Waals surface area (Å²) in [6.45, 7) is 14.2. The number of halogens is 1. The zero-order valence-corrected chi connectivity index (χ0v) is 31.0. The number of allylic oxidation sites excluding steroid dienone is 1. The Morgan fingerprint density at radius 3 is 2.20 bits per heavy atom. The number of fused-ring (bicyclic) bond motifs is 5. The minimum atomic E-state index is -0.196. The smallest absolute Gasteiger partial charge is 0.407 e. The predicted molar refractivity (Wildman–Crippen MR) is 194 cm³/mol. The molecule has 0 aromatic carbocycles. The van der Waals surface area contributed by atoms with Gasteiger partial charge in [0.1, 0.15) is 6.10 Å². The summed E-state index contributed by atoms with van der Waals surface area (Å²) < 4.78 is 6.00. The van der Waals surface area contributed by atoms with Gasteiger partial charge in [0.2, 0.25) is 0 Å². The first kappa shape index (κ1) is 38.7. The maximum atomic E-state index is 12.6. The van der Waals surface area contributed by atoms with Crippen molar-refractivity contribution in [3.05, 3.63) is 11.6 Å². The molecule has 4 nitrogen and oxygen atoms in total. The van der Waals surface area contributed by atoms with E-state index < -0.39 is 0 Å². The van der Waals surface area contributed by atoms with Crippen molar-refractivity contribution >= 4 is 18.5 Å². The Morgan fingerprint density at radius 1 is 0.867 bits per heavy atom. The molecular weight excluding hydrogens is 576 g/mol. The molecule has 0 bridgehead atoms. The highest BCUT2D eigenvalue weighted by Gasteiger charge is 2.59. The van der Waals surface area contributed by atoms with Crippen molar-refractivity contribution in [3.8, 4) is 0 Å². The van der Waals surface area contributed by atoms with Gasteiger partial charge >= 0.3 is 6.09 Å². The van der Waals surface area contributed by atoms with Crippen LogP contribution in [0.1, 0.15) is 169 Å². The lowest BCUT2D eigenvalue weighted by Crippen LogP contribution is -2.51. The summed E-state index contributed by atoms with van der Waals surface area (Å²) in [4.78, 5) is 12.6. The van der Waals surface area contributed by atoms with Gasteiger partial charge in [-0.15, -0.1) is 12.4 Å². The molecule has 3 saturated carbocycles. The Bertz CT molecular complexity index is 907. The molecule has 0 aromatic rings. The lowest BCUT2D eigenvalue weighted by molar-refractivity contribution is -0.0581. The number of carbonyl (C=O) groups excluding carboxylic acids is 1. The van der Waals surface area contributed by atoms with E-state index in [9.17, 15) is 4.79 Å². The van der Waals surface area contributed by atoms with Gasteiger partial charge in [0, 0.05) is 13.0 Å². The van der Waals surface area contributed by atoms with E-state index in [2.05, 4.69) is 46.0 Å². The number of hydrogen-bond acceptors (Lipinski definition) is 3. The van der Waals surface area contributed by atoms with E-state index >= 15 is 0 Å². The normalized spacial score (nSPS) is 33.0. The maximum absolute atomic E-state index is 12.6. The fraction of sp³-hybridized carbons (Fsp3) is 0.925. The van der Waals surface area contributed by atoms with Crippen molar-refractivity contribution in [2.45, 2.75) is 176 Å². The monoisotopic (exact) mass is 649 g/mol. The highest BCUT2D eigenvalue weighted by Crippen LogP contribution is 2.67. The van der Waals surface area contributed by atoms with Crippen molar-refractivity contribution in [2.24, 2.45) is 52.1 Å². The summed E-state index contributed by atoms with van der Waals surface area (Å²) >= 11 is 0. The zero-order chi connectivity index (χ0) is 31.6. The third-order valence-electron chi connectivity index (χ3n) is 13.4. The van der Waals surface area contributed by atoms with Gasteiger partial charge in [0.05, 0.1) is 0 Å². The molecule has 4 aliphatic carbocycles. The molecule has 0 spiro atoms. The van der Waals surface area contributed by atoms with Gasteiger partial charge in [-0.05, 0) is 111 Å². The Balaban J connectivity index is 0.00000552. The zero-order valence-electron chi connectivity index (χ0n) is 30.2.